The summed E-state index contributed by atoms with van der Waals surface area (Å²) >= 11 is 0. The highest BCUT2D eigenvalue weighted by molar-refractivity contribution is 5.81. The zero-order chi connectivity index (χ0) is 7.40. The van der Waals surface area contributed by atoms with Crippen LogP contribution >= 0.6 is 0 Å². The molecule has 0 aromatic rings. The fourth-order valence-electron chi connectivity index (χ4n) is 1.25. The average Bonchev–Trinajstić information content (AvgIpc) is 2.05. The molecule has 10 heavy (non-hydrogen) atoms. The molecule has 0 spiro atoms. The van der Waals surface area contributed by atoms with Crippen LogP contribution in [-0.2, 0) is 4.79 Å². The molecule has 0 aromatic carbocycles. The van der Waals surface area contributed by atoms with Gasteiger partial charge in [0.25, 0.3) is 0 Å². The van der Waals surface area contributed by atoms with Crippen LogP contribution < -0.4 is 10.6 Å². The molecule has 58 valence electrons. The van der Waals surface area contributed by atoms with Crippen LogP contribution in [-0.4, -0.2) is 25.5 Å². The summed E-state index contributed by atoms with van der Waals surface area (Å²) in [6.45, 7) is 0.984. The van der Waals surface area contributed by atoms with Gasteiger partial charge in [0.05, 0.1) is 6.04 Å². The van der Waals surface area contributed by atoms with Gasteiger partial charge in [-0.05, 0) is 19.4 Å². The van der Waals surface area contributed by atoms with Crippen LogP contribution in [0.1, 0.15) is 19.3 Å². The number of carbonyl (C=O) groups is 1. The molecule has 1 heterocycles. The smallest absolute Gasteiger partial charge is 0.236 e. The van der Waals surface area contributed by atoms with E-state index in [1.165, 1.54) is 12.8 Å². The third-order valence-corrected chi connectivity index (χ3v) is 1.87. The number of hydrogen-bond acceptors (Lipinski definition) is 2. The Morgan fingerprint density at radius 2 is 2.40 bits per heavy atom. The molecule has 3 heteroatoms. The van der Waals surface area contributed by atoms with E-state index in [2.05, 4.69) is 10.6 Å². The van der Waals surface area contributed by atoms with E-state index in [-0.39, 0.29) is 11.9 Å². The maximum Gasteiger partial charge on any atom is 0.236 e. The molecule has 0 aromatic heterocycles. The van der Waals surface area contributed by atoms with Crippen molar-refractivity contribution in [2.24, 2.45) is 0 Å². The van der Waals surface area contributed by atoms with Gasteiger partial charge in [-0.3, -0.25) is 4.79 Å². The Balaban J connectivity index is 2.31. The van der Waals surface area contributed by atoms with Crippen molar-refractivity contribution >= 4 is 5.91 Å². The van der Waals surface area contributed by atoms with Gasteiger partial charge in [-0.25, -0.2) is 0 Å². The first kappa shape index (κ1) is 7.54. The fourth-order valence-corrected chi connectivity index (χ4v) is 1.25. The Kier molecular flexibility index (Phi) is 2.68. The van der Waals surface area contributed by atoms with Gasteiger partial charge in [0.2, 0.25) is 5.91 Å². The van der Waals surface area contributed by atoms with Crippen LogP contribution in [0.2, 0.25) is 0 Å². The molecule has 1 saturated heterocycles. The number of piperidine rings is 1. The fraction of sp³-hybridized carbons (Fsp3) is 0.857. The summed E-state index contributed by atoms with van der Waals surface area (Å²) in [7, 11) is 1.68. The number of carbonyl (C=O) groups excluding carboxylic acids is 1. The molecule has 1 atom stereocenters. The molecule has 0 radical (unpaired) electrons. The summed E-state index contributed by atoms with van der Waals surface area (Å²) in [5.41, 5.74) is 0. The van der Waals surface area contributed by atoms with E-state index >= 15 is 0 Å². The lowest BCUT2D eigenvalue weighted by atomic mass is 10.0. The number of nitrogens with one attached hydrogen (secondary N) is 2. The molecule has 2 N–H and O–H groups in total. The van der Waals surface area contributed by atoms with E-state index in [0.717, 1.165) is 13.0 Å². The Hall–Kier alpha value is -0.570. The molecule has 0 aliphatic carbocycles. The van der Waals surface area contributed by atoms with Gasteiger partial charge in [-0.1, -0.05) is 6.42 Å². The summed E-state index contributed by atoms with van der Waals surface area (Å²) in [6, 6.07) is 0.0683. The van der Waals surface area contributed by atoms with Crippen molar-refractivity contribution in [2.75, 3.05) is 13.6 Å². The first-order chi connectivity index (χ1) is 4.84. The molecular weight excluding hydrogens is 128 g/mol. The molecule has 0 saturated carbocycles. The van der Waals surface area contributed by atoms with E-state index in [1.54, 1.807) is 7.05 Å². The number of likely N-dealkylation sites (N-methyl/N-ethyl adjacent to an activating group) is 1. The minimum atomic E-state index is 0.0683. The molecule has 1 rings (SSSR count). The predicted octanol–water partition coefficient (Wildman–Crippen LogP) is -0.126. The minimum Gasteiger partial charge on any atom is -0.358 e. The van der Waals surface area contributed by atoms with Crippen molar-refractivity contribution in [1.82, 2.24) is 10.6 Å². The lowest BCUT2D eigenvalue weighted by molar-refractivity contribution is -0.123. The van der Waals surface area contributed by atoms with Gasteiger partial charge < -0.3 is 10.6 Å². The van der Waals surface area contributed by atoms with Crippen LogP contribution in [0.4, 0.5) is 0 Å². The molecule has 1 fully saturated rings. The van der Waals surface area contributed by atoms with Crippen molar-refractivity contribution in [3.8, 4) is 0 Å². The third-order valence-electron chi connectivity index (χ3n) is 1.87. The Labute approximate surface area is 61.2 Å². The first-order valence-electron chi connectivity index (χ1n) is 3.79. The first-order valence-corrected chi connectivity index (χ1v) is 3.79. The van der Waals surface area contributed by atoms with Crippen molar-refractivity contribution in [3.05, 3.63) is 0 Å². The molecular formula is C7H14N2O. The van der Waals surface area contributed by atoms with Crippen LogP contribution in [0.3, 0.4) is 0 Å². The van der Waals surface area contributed by atoms with Gasteiger partial charge in [0.1, 0.15) is 0 Å². The summed E-state index contributed by atoms with van der Waals surface area (Å²) in [6.07, 6.45) is 3.36. The Bertz CT molecular complexity index is 119. The van der Waals surface area contributed by atoms with Gasteiger partial charge in [-0.2, -0.15) is 0 Å². The zero-order valence-electron chi connectivity index (χ0n) is 6.31. The molecule has 1 aliphatic heterocycles. The highest BCUT2D eigenvalue weighted by Crippen LogP contribution is 2.05. The Morgan fingerprint density at radius 1 is 1.60 bits per heavy atom. The SMILES string of the molecule is CNC(=O)[C@@H]1CCCCN1. The second kappa shape index (κ2) is 3.56. The number of amides is 1. The van der Waals surface area contributed by atoms with Crippen LogP contribution in [0.15, 0.2) is 0 Å². The van der Waals surface area contributed by atoms with Gasteiger partial charge in [0.15, 0.2) is 0 Å². The van der Waals surface area contributed by atoms with Crippen molar-refractivity contribution in [3.63, 3.8) is 0 Å². The third kappa shape index (κ3) is 1.70. The van der Waals surface area contributed by atoms with Gasteiger partial charge in [0, 0.05) is 7.05 Å². The monoisotopic (exact) mass is 142 g/mol. The topological polar surface area (TPSA) is 41.1 Å². The second-order valence-electron chi connectivity index (χ2n) is 2.62. The molecule has 3 nitrogen and oxygen atoms in total. The van der Waals surface area contributed by atoms with E-state index in [9.17, 15) is 4.79 Å². The molecule has 0 bridgehead atoms. The lowest BCUT2D eigenvalue weighted by Gasteiger charge is -2.21. The number of rotatable bonds is 1. The van der Waals surface area contributed by atoms with Crippen LogP contribution in [0.5, 0.6) is 0 Å². The normalized spacial score (nSPS) is 25.9. The zero-order valence-corrected chi connectivity index (χ0v) is 6.31. The van der Waals surface area contributed by atoms with E-state index in [4.69, 9.17) is 0 Å². The summed E-state index contributed by atoms with van der Waals surface area (Å²) in [5.74, 6) is 0.125. The van der Waals surface area contributed by atoms with Gasteiger partial charge in [-0.15, -0.1) is 0 Å². The highest BCUT2D eigenvalue weighted by atomic mass is 16.2. The summed E-state index contributed by atoms with van der Waals surface area (Å²) in [5, 5.41) is 5.79. The largest absolute Gasteiger partial charge is 0.358 e. The highest BCUT2D eigenvalue weighted by Gasteiger charge is 2.18. The summed E-state index contributed by atoms with van der Waals surface area (Å²) in [4.78, 5) is 11.0. The van der Waals surface area contributed by atoms with E-state index < -0.39 is 0 Å². The van der Waals surface area contributed by atoms with Gasteiger partial charge >= 0.3 is 0 Å². The maximum atomic E-state index is 11.0. The van der Waals surface area contributed by atoms with Crippen molar-refractivity contribution in [2.45, 2.75) is 25.3 Å². The quantitative estimate of drug-likeness (QED) is 0.535. The molecule has 1 aliphatic rings. The Morgan fingerprint density at radius 3 is 2.90 bits per heavy atom. The van der Waals surface area contributed by atoms with Crippen molar-refractivity contribution < 1.29 is 4.79 Å². The maximum absolute atomic E-state index is 11.0. The lowest BCUT2D eigenvalue weighted by Crippen LogP contribution is -2.45. The standard InChI is InChI=1S/C7H14N2O/c1-8-7(10)6-4-2-3-5-9-6/h6,9H,2-5H2,1H3,(H,8,10)/t6-/m0/s1. The minimum absolute atomic E-state index is 0.0683. The summed E-state index contributed by atoms with van der Waals surface area (Å²) < 4.78 is 0. The van der Waals surface area contributed by atoms with E-state index in [0.29, 0.717) is 0 Å². The van der Waals surface area contributed by atoms with Crippen LogP contribution in [0, 0.1) is 0 Å². The van der Waals surface area contributed by atoms with E-state index in [1.807, 2.05) is 0 Å². The van der Waals surface area contributed by atoms with Crippen molar-refractivity contribution in [1.29, 1.82) is 0 Å². The van der Waals surface area contributed by atoms with Crippen LogP contribution in [0.25, 0.3) is 0 Å². The number of hydrogen-bond donors (Lipinski definition) is 2. The second-order valence-corrected chi connectivity index (χ2v) is 2.62. The molecule has 0 unspecified atom stereocenters. The predicted molar refractivity (Wildman–Crippen MR) is 39.7 cm³/mol. The molecule has 1 amide bonds. The average molecular weight is 142 g/mol.